The Bertz CT molecular complexity index is 1090. The van der Waals surface area contributed by atoms with Crippen molar-refractivity contribution >= 4 is 40.6 Å². The number of hydrogen-bond donors (Lipinski definition) is 2. The molecule has 10 heteroatoms. The van der Waals surface area contributed by atoms with Gasteiger partial charge in [0, 0.05) is 31.7 Å². The van der Waals surface area contributed by atoms with Gasteiger partial charge in [-0.15, -0.1) is 0 Å². The Morgan fingerprint density at radius 2 is 1.74 bits per heavy atom. The quantitative estimate of drug-likeness (QED) is 0.474. The number of carbonyl (C=O) groups excluding carboxylic acids is 2. The van der Waals surface area contributed by atoms with Gasteiger partial charge in [0.2, 0.25) is 6.79 Å². The Morgan fingerprint density at radius 3 is 2.47 bits per heavy atom. The molecule has 0 spiro atoms. The van der Waals surface area contributed by atoms with Crippen molar-refractivity contribution in [2.75, 3.05) is 56.3 Å². The van der Waals surface area contributed by atoms with Crippen LogP contribution in [0, 0.1) is 0 Å². The van der Waals surface area contributed by atoms with Crippen molar-refractivity contribution in [3.8, 4) is 11.5 Å². The first-order valence-electron chi connectivity index (χ1n) is 11.3. The molecule has 0 aliphatic carbocycles. The first-order chi connectivity index (χ1) is 16.5. The minimum absolute atomic E-state index is 0.122. The second kappa shape index (κ2) is 10.7. The molecule has 1 saturated heterocycles. The number of rotatable bonds is 6. The van der Waals surface area contributed by atoms with Crippen LogP contribution in [0.2, 0.25) is 0 Å². The molecule has 2 aromatic rings. The van der Waals surface area contributed by atoms with Crippen LogP contribution in [-0.4, -0.2) is 68.0 Å². The van der Waals surface area contributed by atoms with E-state index in [4.69, 9.17) is 26.4 Å². The van der Waals surface area contributed by atoms with Crippen LogP contribution in [0.3, 0.4) is 0 Å². The molecule has 180 valence electrons. The largest absolute Gasteiger partial charge is 0.462 e. The van der Waals surface area contributed by atoms with Gasteiger partial charge in [-0.05, 0) is 62.1 Å². The van der Waals surface area contributed by atoms with Gasteiger partial charge in [-0.25, -0.2) is 4.79 Å². The predicted octanol–water partition coefficient (Wildman–Crippen LogP) is 2.86. The number of amides is 1. The summed E-state index contributed by atoms with van der Waals surface area (Å²) in [7, 11) is 0. The molecular weight excluding hydrogens is 456 g/mol. The Morgan fingerprint density at radius 1 is 1.00 bits per heavy atom. The zero-order valence-corrected chi connectivity index (χ0v) is 20.1. The molecule has 2 N–H and O–H groups in total. The number of fused-ring (bicyclic) bond motifs is 1. The molecule has 34 heavy (non-hydrogen) atoms. The Kier molecular flexibility index (Phi) is 7.49. The highest BCUT2D eigenvalue weighted by Crippen LogP contribution is 2.32. The Labute approximate surface area is 203 Å². The third-order valence-corrected chi connectivity index (χ3v) is 5.98. The zero-order valence-electron chi connectivity index (χ0n) is 19.3. The maximum atomic E-state index is 12.7. The van der Waals surface area contributed by atoms with Crippen LogP contribution in [0.15, 0.2) is 36.4 Å². The van der Waals surface area contributed by atoms with Gasteiger partial charge in [0.1, 0.15) is 0 Å². The molecule has 2 heterocycles. The maximum absolute atomic E-state index is 12.7. The standard InChI is InChI=1S/C24H28N4O5S/c1-3-27-9-11-28(12-10-27)19-7-5-17(23(30)31-4-2)13-18(19)25-24(34)26-22(29)16-6-8-20-21(14-16)33-15-32-20/h5-8,13-14H,3-4,9-12,15H2,1-2H3,(H2,25,26,29,34). The number of anilines is 2. The lowest BCUT2D eigenvalue weighted by atomic mass is 10.1. The van der Waals surface area contributed by atoms with Gasteiger partial charge < -0.3 is 29.3 Å². The van der Waals surface area contributed by atoms with Crippen molar-refractivity contribution in [1.29, 1.82) is 0 Å². The van der Waals surface area contributed by atoms with Crippen LogP contribution in [0.1, 0.15) is 34.6 Å². The smallest absolute Gasteiger partial charge is 0.338 e. The van der Waals surface area contributed by atoms with Gasteiger partial charge in [0.05, 0.1) is 23.5 Å². The molecule has 0 aromatic heterocycles. The number of carbonyl (C=O) groups is 2. The molecule has 0 radical (unpaired) electrons. The maximum Gasteiger partial charge on any atom is 0.338 e. The van der Waals surface area contributed by atoms with Crippen LogP contribution < -0.4 is 25.0 Å². The molecule has 4 rings (SSSR count). The zero-order chi connectivity index (χ0) is 24.1. The van der Waals surface area contributed by atoms with Gasteiger partial charge in [-0.1, -0.05) is 6.92 Å². The number of nitrogens with zero attached hydrogens (tertiary/aromatic N) is 2. The van der Waals surface area contributed by atoms with Crippen molar-refractivity contribution in [3.05, 3.63) is 47.5 Å². The first-order valence-corrected chi connectivity index (χ1v) is 11.7. The minimum atomic E-state index is -0.414. The molecule has 1 fully saturated rings. The average molecular weight is 485 g/mol. The molecule has 2 aliphatic heterocycles. The summed E-state index contributed by atoms with van der Waals surface area (Å²) < 4.78 is 15.8. The average Bonchev–Trinajstić information content (AvgIpc) is 3.32. The molecule has 1 amide bonds. The summed E-state index contributed by atoms with van der Waals surface area (Å²) in [5.41, 5.74) is 2.34. The fraction of sp³-hybridized carbons (Fsp3) is 0.375. The van der Waals surface area contributed by atoms with E-state index in [-0.39, 0.29) is 24.4 Å². The van der Waals surface area contributed by atoms with Gasteiger partial charge >= 0.3 is 5.97 Å². The van der Waals surface area contributed by atoms with Crippen LogP contribution in [0.25, 0.3) is 0 Å². The van der Waals surface area contributed by atoms with Crippen molar-refractivity contribution in [1.82, 2.24) is 10.2 Å². The van der Waals surface area contributed by atoms with Gasteiger partial charge in [-0.3, -0.25) is 10.1 Å². The van der Waals surface area contributed by atoms with E-state index in [2.05, 4.69) is 27.4 Å². The summed E-state index contributed by atoms with van der Waals surface area (Å²) >= 11 is 5.43. The molecular formula is C24H28N4O5S. The molecule has 0 bridgehead atoms. The topological polar surface area (TPSA) is 92.4 Å². The van der Waals surface area contributed by atoms with Crippen LogP contribution in [0.4, 0.5) is 11.4 Å². The fourth-order valence-electron chi connectivity index (χ4n) is 3.92. The summed E-state index contributed by atoms with van der Waals surface area (Å²) in [4.78, 5) is 29.7. The summed E-state index contributed by atoms with van der Waals surface area (Å²) in [6, 6.07) is 10.3. The molecule has 9 nitrogen and oxygen atoms in total. The minimum Gasteiger partial charge on any atom is -0.462 e. The van der Waals surface area contributed by atoms with E-state index in [1.54, 1.807) is 37.3 Å². The fourth-order valence-corrected chi connectivity index (χ4v) is 4.13. The number of ether oxygens (including phenoxy) is 3. The lowest BCUT2D eigenvalue weighted by Crippen LogP contribution is -2.46. The number of hydrogen-bond acceptors (Lipinski definition) is 8. The van der Waals surface area contributed by atoms with E-state index < -0.39 is 5.97 Å². The van der Waals surface area contributed by atoms with E-state index in [9.17, 15) is 9.59 Å². The van der Waals surface area contributed by atoms with Crippen molar-refractivity contribution < 1.29 is 23.8 Å². The molecule has 2 aromatic carbocycles. The summed E-state index contributed by atoms with van der Waals surface area (Å²) in [5.74, 6) is 0.321. The summed E-state index contributed by atoms with van der Waals surface area (Å²) in [6.07, 6.45) is 0. The van der Waals surface area contributed by atoms with E-state index >= 15 is 0 Å². The number of likely N-dealkylation sites (N-methyl/N-ethyl adjacent to an activating group) is 1. The van der Waals surface area contributed by atoms with Gasteiger partial charge in [0.25, 0.3) is 5.91 Å². The monoisotopic (exact) mass is 484 g/mol. The number of nitrogens with one attached hydrogen (secondary N) is 2. The third-order valence-electron chi connectivity index (χ3n) is 5.78. The highest BCUT2D eigenvalue weighted by atomic mass is 32.1. The second-order valence-corrected chi connectivity index (χ2v) is 8.26. The number of thiocarbonyl (C=S) groups is 1. The van der Waals surface area contributed by atoms with E-state index in [0.29, 0.717) is 28.3 Å². The predicted molar refractivity (Wildman–Crippen MR) is 133 cm³/mol. The van der Waals surface area contributed by atoms with E-state index in [0.717, 1.165) is 38.4 Å². The molecule has 0 unspecified atom stereocenters. The summed E-state index contributed by atoms with van der Waals surface area (Å²) in [5, 5.41) is 5.92. The molecule has 0 atom stereocenters. The highest BCUT2D eigenvalue weighted by Gasteiger charge is 2.21. The normalized spacial score (nSPS) is 15.1. The van der Waals surface area contributed by atoms with E-state index in [1.165, 1.54) is 0 Å². The van der Waals surface area contributed by atoms with Gasteiger partial charge in [-0.2, -0.15) is 0 Å². The number of esters is 1. The molecule has 2 aliphatic rings. The lowest BCUT2D eigenvalue weighted by molar-refractivity contribution is 0.0526. The molecule has 0 saturated carbocycles. The number of benzene rings is 2. The lowest BCUT2D eigenvalue weighted by Gasteiger charge is -2.36. The number of piperazine rings is 1. The van der Waals surface area contributed by atoms with Crippen LogP contribution >= 0.6 is 12.2 Å². The van der Waals surface area contributed by atoms with Crippen molar-refractivity contribution in [2.24, 2.45) is 0 Å². The van der Waals surface area contributed by atoms with E-state index in [1.807, 2.05) is 6.07 Å². The summed E-state index contributed by atoms with van der Waals surface area (Å²) in [6.45, 7) is 8.92. The Balaban J connectivity index is 1.51. The van der Waals surface area contributed by atoms with Crippen LogP contribution in [-0.2, 0) is 4.74 Å². The van der Waals surface area contributed by atoms with Gasteiger partial charge in [0.15, 0.2) is 16.6 Å². The first kappa shape index (κ1) is 23.8. The third kappa shape index (κ3) is 5.40. The van der Waals surface area contributed by atoms with Crippen molar-refractivity contribution in [3.63, 3.8) is 0 Å². The van der Waals surface area contributed by atoms with Crippen molar-refractivity contribution in [2.45, 2.75) is 13.8 Å². The second-order valence-electron chi connectivity index (χ2n) is 7.85. The highest BCUT2D eigenvalue weighted by molar-refractivity contribution is 7.80. The van der Waals surface area contributed by atoms with Crippen LogP contribution in [0.5, 0.6) is 11.5 Å². The Hall–Kier alpha value is -3.37. The SMILES string of the molecule is CCOC(=O)c1ccc(N2CCN(CC)CC2)c(NC(=S)NC(=O)c2ccc3c(c2)OCO3)c1.